The average Bonchev–Trinajstić information content (AvgIpc) is 1.97. The van der Waals surface area contributed by atoms with Gasteiger partial charge in [0, 0.05) is 49.6 Å². The Morgan fingerprint density at radius 3 is 2.33 bits per heavy atom. The van der Waals surface area contributed by atoms with Crippen LogP contribution in [0.25, 0.3) is 0 Å². The van der Waals surface area contributed by atoms with Crippen LogP contribution in [0.2, 0.25) is 0 Å². The van der Waals surface area contributed by atoms with Gasteiger partial charge in [-0.05, 0) is 31.0 Å². The molecule has 12 heavy (non-hydrogen) atoms. The Bertz CT molecular complexity index is 295. The van der Waals surface area contributed by atoms with Gasteiger partial charge in [0.25, 0.3) is 0 Å². The molecule has 0 aliphatic heterocycles. The van der Waals surface area contributed by atoms with E-state index in [9.17, 15) is 9.90 Å². The molecular weight excluding hydrogens is 367 g/mol. The van der Waals surface area contributed by atoms with Crippen molar-refractivity contribution in [2.24, 2.45) is 0 Å². The SMILES string of the molecule is Cc1cc(C)c(C=O)cc1O.[Ac]. The van der Waals surface area contributed by atoms with Gasteiger partial charge in [-0.2, -0.15) is 0 Å². The Labute approximate surface area is 108 Å². The summed E-state index contributed by atoms with van der Waals surface area (Å²) in [5, 5.41) is 9.20. The summed E-state index contributed by atoms with van der Waals surface area (Å²) in [6.07, 6.45) is 0.745. The van der Waals surface area contributed by atoms with Gasteiger partial charge < -0.3 is 5.11 Å². The van der Waals surface area contributed by atoms with Gasteiger partial charge in [-0.25, -0.2) is 0 Å². The van der Waals surface area contributed by atoms with Crippen LogP contribution in [0.15, 0.2) is 12.1 Å². The fourth-order valence-electron chi connectivity index (χ4n) is 0.984. The first-order valence-electron chi connectivity index (χ1n) is 3.40. The predicted molar refractivity (Wildman–Crippen MR) is 43.0 cm³/mol. The summed E-state index contributed by atoms with van der Waals surface area (Å²) in [4.78, 5) is 10.4. The van der Waals surface area contributed by atoms with Gasteiger partial charge in [0.1, 0.15) is 12.0 Å². The number of aryl methyl sites for hydroxylation is 2. The van der Waals surface area contributed by atoms with Crippen LogP contribution in [0, 0.1) is 57.9 Å². The third-order valence-electron chi connectivity index (χ3n) is 1.71. The summed E-state index contributed by atoms with van der Waals surface area (Å²) in [7, 11) is 0. The van der Waals surface area contributed by atoms with E-state index in [1.54, 1.807) is 13.0 Å². The molecule has 0 heterocycles. The second-order valence-electron chi connectivity index (χ2n) is 2.61. The first-order chi connectivity index (χ1) is 5.15. The summed E-state index contributed by atoms with van der Waals surface area (Å²) in [6, 6.07) is 3.27. The number of aromatic hydroxyl groups is 1. The fourth-order valence-corrected chi connectivity index (χ4v) is 0.984. The molecule has 0 aliphatic carbocycles. The first-order valence-corrected chi connectivity index (χ1v) is 3.40. The molecule has 0 saturated carbocycles. The first kappa shape index (κ1) is 12.1. The molecule has 61 valence electrons. The molecule has 1 radical (unpaired) electrons. The van der Waals surface area contributed by atoms with E-state index in [0.29, 0.717) is 5.56 Å². The molecule has 1 N–H and O–H groups in total. The number of benzene rings is 1. The Kier molecular flexibility index (Phi) is 5.05. The molecule has 3 heteroatoms. The molecule has 0 saturated heterocycles. The van der Waals surface area contributed by atoms with Crippen LogP contribution < -0.4 is 0 Å². The third kappa shape index (κ3) is 2.57. The van der Waals surface area contributed by atoms with E-state index in [0.717, 1.165) is 17.4 Å². The molecule has 1 aromatic carbocycles. The van der Waals surface area contributed by atoms with Crippen molar-refractivity contribution in [1.29, 1.82) is 0 Å². The molecular formula is C9H10AcO2. The zero-order valence-electron chi connectivity index (χ0n) is 7.16. The van der Waals surface area contributed by atoms with Gasteiger partial charge in [-0.15, -0.1) is 0 Å². The van der Waals surface area contributed by atoms with Crippen LogP contribution in [0.4, 0.5) is 0 Å². The smallest absolute Gasteiger partial charge is 0.150 e. The number of carbonyl (C=O) groups is 1. The number of aldehydes is 1. The summed E-state index contributed by atoms with van der Waals surface area (Å²) in [6.45, 7) is 3.65. The van der Waals surface area contributed by atoms with Gasteiger partial charge >= 0.3 is 0 Å². The predicted octanol–water partition coefficient (Wildman–Crippen LogP) is 1.82. The zero-order valence-corrected chi connectivity index (χ0v) is 11.9. The van der Waals surface area contributed by atoms with Crippen molar-refractivity contribution in [2.45, 2.75) is 13.8 Å². The summed E-state index contributed by atoms with van der Waals surface area (Å²) >= 11 is 0. The number of hydrogen-bond acceptors (Lipinski definition) is 2. The van der Waals surface area contributed by atoms with Crippen molar-refractivity contribution in [3.8, 4) is 5.75 Å². The molecule has 0 amide bonds. The molecule has 0 aliphatic rings. The minimum absolute atomic E-state index is 0. The van der Waals surface area contributed by atoms with E-state index in [1.807, 2.05) is 6.92 Å². The van der Waals surface area contributed by atoms with Crippen LogP contribution >= 0.6 is 0 Å². The maximum absolute atomic E-state index is 10.4. The average molecular weight is 377 g/mol. The van der Waals surface area contributed by atoms with Gasteiger partial charge in [0.05, 0.1) is 0 Å². The Morgan fingerprint density at radius 1 is 1.25 bits per heavy atom. The van der Waals surface area contributed by atoms with Crippen LogP contribution in [0.3, 0.4) is 0 Å². The molecule has 0 aromatic heterocycles. The van der Waals surface area contributed by atoms with Crippen molar-refractivity contribution in [2.75, 3.05) is 0 Å². The van der Waals surface area contributed by atoms with Gasteiger partial charge in [0.2, 0.25) is 0 Å². The van der Waals surface area contributed by atoms with E-state index in [1.165, 1.54) is 6.07 Å². The monoisotopic (exact) mass is 377 g/mol. The summed E-state index contributed by atoms with van der Waals surface area (Å²) < 4.78 is 0. The third-order valence-corrected chi connectivity index (χ3v) is 1.71. The van der Waals surface area contributed by atoms with E-state index in [2.05, 4.69) is 0 Å². The van der Waals surface area contributed by atoms with Gasteiger partial charge in [-0.1, -0.05) is 6.07 Å². The minimum Gasteiger partial charge on any atom is -0.508 e. The molecule has 0 unspecified atom stereocenters. The molecule has 1 rings (SSSR count). The maximum Gasteiger partial charge on any atom is 0.150 e. The normalized spacial score (nSPS) is 8.83. The van der Waals surface area contributed by atoms with Crippen molar-refractivity contribution in [3.63, 3.8) is 0 Å². The van der Waals surface area contributed by atoms with E-state index in [-0.39, 0.29) is 49.8 Å². The van der Waals surface area contributed by atoms with E-state index in [4.69, 9.17) is 0 Å². The van der Waals surface area contributed by atoms with Crippen LogP contribution in [-0.4, -0.2) is 11.4 Å². The second kappa shape index (κ2) is 4.99. The number of phenols is 1. The summed E-state index contributed by atoms with van der Waals surface area (Å²) in [5.41, 5.74) is 2.25. The molecule has 2 nitrogen and oxygen atoms in total. The quantitative estimate of drug-likeness (QED) is 0.759. The van der Waals surface area contributed by atoms with Crippen molar-refractivity contribution < 1.29 is 54.0 Å². The Morgan fingerprint density at radius 2 is 1.83 bits per heavy atom. The van der Waals surface area contributed by atoms with Crippen molar-refractivity contribution >= 4 is 6.29 Å². The van der Waals surface area contributed by atoms with E-state index < -0.39 is 0 Å². The van der Waals surface area contributed by atoms with Crippen molar-refractivity contribution in [1.82, 2.24) is 0 Å². The Hall–Kier alpha value is 0.132. The van der Waals surface area contributed by atoms with Gasteiger partial charge in [0.15, 0.2) is 0 Å². The zero-order chi connectivity index (χ0) is 8.43. The molecule has 0 bridgehead atoms. The van der Waals surface area contributed by atoms with Gasteiger partial charge in [-0.3, -0.25) is 4.79 Å². The van der Waals surface area contributed by atoms with Crippen LogP contribution in [0.5, 0.6) is 5.75 Å². The minimum atomic E-state index is 0. The van der Waals surface area contributed by atoms with Crippen LogP contribution in [0.1, 0.15) is 21.5 Å². The second-order valence-corrected chi connectivity index (χ2v) is 2.61. The largest absolute Gasteiger partial charge is 0.508 e. The molecule has 1 aromatic rings. The number of rotatable bonds is 1. The molecule has 0 spiro atoms. The molecule has 0 atom stereocenters. The summed E-state index contributed by atoms with van der Waals surface area (Å²) in [5.74, 6) is 0.178. The van der Waals surface area contributed by atoms with E-state index >= 15 is 0 Å². The standard InChI is InChI=1S/C9H10O2.Ac/c1-6-3-7(2)9(11)4-8(6)5-10;/h3-5,11H,1-2H3;. The Balaban J connectivity index is 0.00000121. The van der Waals surface area contributed by atoms with Crippen molar-refractivity contribution in [3.05, 3.63) is 28.8 Å². The number of phenolic OH excluding ortho intramolecular Hbond substituents is 1. The van der Waals surface area contributed by atoms with Crippen LogP contribution in [-0.2, 0) is 0 Å². The topological polar surface area (TPSA) is 37.3 Å². The number of carbonyl (C=O) groups excluding carboxylic acids is 1. The number of hydrogen-bond donors (Lipinski definition) is 1. The fraction of sp³-hybridized carbons (Fsp3) is 0.222. The maximum atomic E-state index is 10.4. The molecule has 0 fully saturated rings.